The molecule has 2 N–H and O–H groups in total. The van der Waals surface area contributed by atoms with E-state index in [4.69, 9.17) is 10.2 Å². The first kappa shape index (κ1) is 16.9. The lowest BCUT2D eigenvalue weighted by Crippen LogP contribution is -2.03. The van der Waals surface area contributed by atoms with Gasteiger partial charge in [-0.05, 0) is 23.5 Å². The molecule has 0 aromatic rings. The first-order valence-electron chi connectivity index (χ1n) is 5.09. The van der Waals surface area contributed by atoms with E-state index < -0.39 is 11.9 Å². The largest absolute Gasteiger partial charge is 0.477 e. The molecule has 8 nitrogen and oxygen atoms in total. The molecule has 0 radical (unpaired) electrons. The van der Waals surface area contributed by atoms with E-state index in [1.165, 1.54) is 0 Å². The Balaban J connectivity index is 2.26. The Morgan fingerprint density at radius 2 is 1.14 bits per heavy atom. The number of carbonyl (C=O) groups is 4. The third-order valence-corrected chi connectivity index (χ3v) is 7.43. The molecular weight excluding hydrogens is 376 g/mol. The first-order chi connectivity index (χ1) is 10.5. The van der Waals surface area contributed by atoms with Gasteiger partial charge in [0.15, 0.2) is 0 Å². The molecule has 12 heteroatoms. The highest BCUT2D eigenvalue weighted by atomic mass is 32.2. The Morgan fingerprint density at radius 1 is 0.773 bits per heavy atom. The molecular formula is C10H4O8S4. The maximum Gasteiger partial charge on any atom is 0.344 e. The van der Waals surface area contributed by atoms with Gasteiger partial charge in [-0.25, -0.2) is 9.59 Å². The van der Waals surface area contributed by atoms with Crippen LogP contribution in [-0.2, 0) is 28.7 Å². The maximum atomic E-state index is 11.1. The molecule has 0 unspecified atom stereocenters. The van der Waals surface area contributed by atoms with Crippen LogP contribution in [-0.4, -0.2) is 35.1 Å². The molecule has 0 saturated heterocycles. The summed E-state index contributed by atoms with van der Waals surface area (Å²) >= 11 is 3.43. The number of carboxylic acid groups (broad SMARTS) is 2. The highest BCUT2D eigenvalue weighted by molar-refractivity contribution is 8.34. The van der Waals surface area contributed by atoms with Crippen LogP contribution in [0.4, 0.5) is 0 Å². The monoisotopic (exact) mass is 380 g/mol. The Bertz CT molecular complexity index is 610. The zero-order valence-electron chi connectivity index (χ0n) is 10.1. The van der Waals surface area contributed by atoms with Crippen molar-refractivity contribution < 1.29 is 38.9 Å². The van der Waals surface area contributed by atoms with Gasteiger partial charge in [-0.3, -0.25) is 9.59 Å². The lowest BCUT2D eigenvalue weighted by molar-refractivity contribution is -0.134. The number of carboxylic acids is 2. The second-order valence-corrected chi connectivity index (χ2v) is 7.78. The SMILES string of the molecule is O=COC1=C(OC=O)SC(=C2SC(C(=O)O)=C(C(=O)O)S2)S1. The number of thioether (sulfide) groups is 4. The average Bonchev–Trinajstić information content (AvgIpc) is 3.04. The van der Waals surface area contributed by atoms with Crippen LogP contribution >= 0.6 is 47.0 Å². The van der Waals surface area contributed by atoms with Crippen LogP contribution in [0.15, 0.2) is 28.5 Å². The summed E-state index contributed by atoms with van der Waals surface area (Å²) in [6, 6.07) is 0. The van der Waals surface area contributed by atoms with E-state index in [2.05, 4.69) is 9.47 Å². The van der Waals surface area contributed by atoms with Crippen LogP contribution in [0.2, 0.25) is 0 Å². The first-order valence-corrected chi connectivity index (χ1v) is 8.36. The lowest BCUT2D eigenvalue weighted by atomic mass is 10.5. The Labute approximate surface area is 139 Å². The number of hydrogen-bond donors (Lipinski definition) is 2. The van der Waals surface area contributed by atoms with Gasteiger partial charge < -0.3 is 19.7 Å². The second-order valence-electron chi connectivity index (χ2n) is 3.25. The number of aliphatic carboxylic acids is 2. The van der Waals surface area contributed by atoms with Crippen LogP contribution in [0.25, 0.3) is 0 Å². The number of ether oxygens (including phenoxy) is 2. The molecule has 116 valence electrons. The normalized spacial score (nSPS) is 17.8. The molecule has 2 rings (SSSR count). The topological polar surface area (TPSA) is 127 Å². The van der Waals surface area contributed by atoms with Crippen molar-refractivity contribution in [3.05, 3.63) is 28.5 Å². The van der Waals surface area contributed by atoms with E-state index in [0.717, 1.165) is 47.0 Å². The predicted octanol–water partition coefficient (Wildman–Crippen LogP) is 1.93. The fraction of sp³-hybridized carbons (Fsp3) is 0. The molecule has 0 atom stereocenters. The number of carbonyl (C=O) groups excluding carboxylic acids is 2. The van der Waals surface area contributed by atoms with Crippen molar-refractivity contribution in [2.45, 2.75) is 0 Å². The van der Waals surface area contributed by atoms with E-state index in [0.29, 0.717) is 8.47 Å². The zero-order chi connectivity index (χ0) is 16.3. The van der Waals surface area contributed by atoms with E-state index in [-0.39, 0.29) is 32.9 Å². The van der Waals surface area contributed by atoms with Crippen molar-refractivity contribution in [3.63, 3.8) is 0 Å². The molecule has 0 spiro atoms. The molecule has 0 amide bonds. The van der Waals surface area contributed by atoms with Gasteiger partial charge in [0.1, 0.15) is 9.81 Å². The molecule has 2 heterocycles. The Kier molecular flexibility index (Phi) is 5.50. The minimum absolute atomic E-state index is 0.0245. The summed E-state index contributed by atoms with van der Waals surface area (Å²) in [6.45, 7) is 0.312. The summed E-state index contributed by atoms with van der Waals surface area (Å²) in [5.74, 6) is -2.69. The van der Waals surface area contributed by atoms with Gasteiger partial charge in [0.25, 0.3) is 12.9 Å². The fourth-order valence-electron chi connectivity index (χ4n) is 1.25. The summed E-state index contributed by atoms with van der Waals surface area (Å²) in [5, 5.41) is 18.1. The van der Waals surface area contributed by atoms with Crippen molar-refractivity contribution in [2.75, 3.05) is 0 Å². The molecule has 0 aromatic carbocycles. The zero-order valence-corrected chi connectivity index (χ0v) is 13.4. The standard InChI is InChI=1S/C10H4O8S4/c11-1-17-7-8(18-2-12)22-10(21-7)9-19-3(5(13)14)4(20-9)6(15)16/h1-2H,(H,13,14)(H,15,16). The van der Waals surface area contributed by atoms with Crippen LogP contribution in [0.3, 0.4) is 0 Å². The second kappa shape index (κ2) is 7.17. The molecule has 0 bridgehead atoms. The van der Waals surface area contributed by atoms with E-state index in [1.807, 2.05) is 0 Å². The van der Waals surface area contributed by atoms with Crippen molar-refractivity contribution in [2.24, 2.45) is 0 Å². The molecule has 0 saturated carbocycles. The van der Waals surface area contributed by atoms with Crippen molar-refractivity contribution in [1.29, 1.82) is 0 Å². The minimum Gasteiger partial charge on any atom is -0.477 e. The predicted molar refractivity (Wildman–Crippen MR) is 81.0 cm³/mol. The van der Waals surface area contributed by atoms with Gasteiger partial charge in [-0.15, -0.1) is 0 Å². The van der Waals surface area contributed by atoms with Crippen LogP contribution in [0.1, 0.15) is 0 Å². The van der Waals surface area contributed by atoms with Crippen molar-refractivity contribution in [1.82, 2.24) is 0 Å². The van der Waals surface area contributed by atoms with Gasteiger partial charge in [0, 0.05) is 0 Å². The summed E-state index contributed by atoms with van der Waals surface area (Å²) in [5.41, 5.74) is 0. The minimum atomic E-state index is -1.35. The third-order valence-electron chi connectivity index (χ3n) is 2.00. The van der Waals surface area contributed by atoms with Gasteiger partial charge in [0.2, 0.25) is 10.2 Å². The molecule has 0 fully saturated rings. The van der Waals surface area contributed by atoms with Crippen molar-refractivity contribution >= 4 is 71.9 Å². The maximum absolute atomic E-state index is 11.1. The van der Waals surface area contributed by atoms with E-state index in [9.17, 15) is 19.2 Å². The van der Waals surface area contributed by atoms with Gasteiger partial charge in [-0.1, -0.05) is 23.5 Å². The lowest BCUT2D eigenvalue weighted by Gasteiger charge is -2.00. The summed E-state index contributed by atoms with van der Waals surface area (Å²) < 4.78 is 10.2. The van der Waals surface area contributed by atoms with Gasteiger partial charge in [0.05, 0.1) is 8.47 Å². The average molecular weight is 380 g/mol. The molecule has 22 heavy (non-hydrogen) atoms. The third kappa shape index (κ3) is 3.45. The highest BCUT2D eigenvalue weighted by Crippen LogP contribution is 2.60. The fourth-order valence-corrected chi connectivity index (χ4v) is 6.05. The smallest absolute Gasteiger partial charge is 0.344 e. The summed E-state index contributed by atoms with van der Waals surface area (Å²) in [6.07, 6.45) is 0. The van der Waals surface area contributed by atoms with Gasteiger partial charge in [-0.2, -0.15) is 0 Å². The summed E-state index contributed by atoms with van der Waals surface area (Å²) in [7, 11) is 0. The van der Waals surface area contributed by atoms with Crippen LogP contribution < -0.4 is 0 Å². The molecule has 0 aliphatic carbocycles. The van der Waals surface area contributed by atoms with E-state index in [1.54, 1.807) is 0 Å². The summed E-state index contributed by atoms with van der Waals surface area (Å²) in [4.78, 5) is 42.3. The quantitative estimate of drug-likeness (QED) is 0.653. The molecule has 0 aromatic heterocycles. The molecule has 2 aliphatic heterocycles. The Hall–Kier alpha value is -1.50. The van der Waals surface area contributed by atoms with E-state index >= 15 is 0 Å². The number of rotatable bonds is 6. The van der Waals surface area contributed by atoms with Crippen LogP contribution in [0.5, 0.6) is 0 Å². The van der Waals surface area contributed by atoms with Crippen LogP contribution in [0, 0.1) is 0 Å². The van der Waals surface area contributed by atoms with Crippen molar-refractivity contribution in [3.8, 4) is 0 Å². The highest BCUT2D eigenvalue weighted by Gasteiger charge is 2.36. The molecule has 2 aliphatic rings. The number of hydrogen-bond acceptors (Lipinski definition) is 10. The van der Waals surface area contributed by atoms with Gasteiger partial charge >= 0.3 is 11.9 Å². The Morgan fingerprint density at radius 3 is 1.45 bits per heavy atom.